The fourth-order valence-electron chi connectivity index (χ4n) is 8.40. The molecule has 0 bridgehead atoms. The van der Waals surface area contributed by atoms with E-state index in [-0.39, 0.29) is 5.41 Å². The summed E-state index contributed by atoms with van der Waals surface area (Å²) in [5.74, 6) is 0. The van der Waals surface area contributed by atoms with E-state index in [1.165, 1.54) is 98.4 Å². The minimum Gasteiger partial charge on any atom is -0.0613 e. The zero-order valence-electron chi connectivity index (χ0n) is 25.4. The third-order valence-corrected chi connectivity index (χ3v) is 10.6. The van der Waals surface area contributed by atoms with Crippen molar-refractivity contribution in [2.24, 2.45) is 0 Å². The van der Waals surface area contributed by atoms with Gasteiger partial charge in [0.2, 0.25) is 0 Å². The second kappa shape index (κ2) is 8.80. The van der Waals surface area contributed by atoms with E-state index in [0.717, 1.165) is 0 Å². The fraction of sp³-hybridized carbons (Fsp3) is 0.0667. The van der Waals surface area contributed by atoms with Crippen LogP contribution in [-0.4, -0.2) is 0 Å². The lowest BCUT2D eigenvalue weighted by Crippen LogP contribution is -2.23. The number of fused-ring (bicyclic) bond motifs is 3. The van der Waals surface area contributed by atoms with Crippen LogP contribution in [-0.2, 0) is 5.41 Å². The van der Waals surface area contributed by atoms with E-state index in [1.54, 1.807) is 0 Å². The number of rotatable bonds is 2. The van der Waals surface area contributed by atoms with Crippen LogP contribution in [0, 0.1) is 0 Å². The van der Waals surface area contributed by atoms with Gasteiger partial charge in [0.25, 0.3) is 0 Å². The molecule has 0 aliphatic heterocycles. The molecule has 0 unspecified atom stereocenters. The lowest BCUT2D eigenvalue weighted by atomic mass is 9.68. The Hall–Kier alpha value is -5.46. The highest BCUT2D eigenvalue weighted by atomic mass is 14.4. The largest absolute Gasteiger partial charge is 0.0613 e. The average Bonchev–Trinajstić information content (AvgIpc) is 3.09. The molecule has 0 saturated carbocycles. The summed E-state index contributed by atoms with van der Waals surface area (Å²) in [4.78, 5) is 0. The Kier molecular flexibility index (Phi) is 4.88. The topological polar surface area (TPSA) is 0 Å². The van der Waals surface area contributed by atoms with Gasteiger partial charge in [-0.2, -0.15) is 0 Å². The molecule has 0 aromatic heterocycles. The molecule has 0 nitrogen and oxygen atoms in total. The van der Waals surface area contributed by atoms with Gasteiger partial charge in [0.15, 0.2) is 0 Å². The van der Waals surface area contributed by atoms with E-state index >= 15 is 0 Å². The van der Waals surface area contributed by atoms with Crippen molar-refractivity contribution in [3.05, 3.63) is 157 Å². The van der Waals surface area contributed by atoms with E-state index in [9.17, 15) is 0 Å². The van der Waals surface area contributed by atoms with Gasteiger partial charge in [0, 0.05) is 5.41 Å². The lowest BCUT2D eigenvalue weighted by molar-refractivity contribution is 0.645. The monoisotopic (exact) mass is 570 g/mol. The first-order valence-electron chi connectivity index (χ1n) is 15.9. The Bertz CT molecular complexity index is 2650. The Balaban J connectivity index is 1.15. The summed E-state index contributed by atoms with van der Waals surface area (Å²) in [6.45, 7) is 4.74. The van der Waals surface area contributed by atoms with E-state index in [0.29, 0.717) is 0 Å². The van der Waals surface area contributed by atoms with Crippen LogP contribution in [0.1, 0.15) is 25.0 Å². The predicted molar refractivity (Wildman–Crippen MR) is 194 cm³/mol. The number of benzene rings is 9. The van der Waals surface area contributed by atoms with Gasteiger partial charge in [-0.1, -0.05) is 147 Å². The van der Waals surface area contributed by atoms with Crippen LogP contribution in [0.25, 0.3) is 87.2 Å². The highest BCUT2D eigenvalue weighted by Crippen LogP contribution is 2.50. The van der Waals surface area contributed by atoms with Gasteiger partial charge < -0.3 is 0 Å². The summed E-state index contributed by atoms with van der Waals surface area (Å²) in [5, 5.41) is 13.2. The predicted octanol–water partition coefficient (Wildman–Crippen LogP) is 12.5. The summed E-state index contributed by atoms with van der Waals surface area (Å²) in [6, 6.07) is 54.7. The molecule has 0 amide bonds. The molecule has 0 fully saturated rings. The highest BCUT2D eigenvalue weighted by molar-refractivity contribution is 6.25. The van der Waals surface area contributed by atoms with Gasteiger partial charge in [0.05, 0.1) is 0 Å². The van der Waals surface area contributed by atoms with Gasteiger partial charge in [-0.05, 0) is 111 Å². The van der Waals surface area contributed by atoms with Crippen LogP contribution < -0.4 is 0 Å². The summed E-state index contributed by atoms with van der Waals surface area (Å²) in [5.41, 5.74) is 10.5. The Morgan fingerprint density at radius 2 is 0.889 bits per heavy atom. The van der Waals surface area contributed by atoms with Crippen LogP contribution in [0.2, 0.25) is 0 Å². The maximum absolute atomic E-state index is 2.44. The Morgan fingerprint density at radius 1 is 0.333 bits per heavy atom. The maximum atomic E-state index is 2.44. The van der Waals surface area contributed by atoms with Gasteiger partial charge in [-0.25, -0.2) is 0 Å². The van der Waals surface area contributed by atoms with Crippen LogP contribution in [0.3, 0.4) is 0 Å². The molecule has 45 heavy (non-hydrogen) atoms. The second-order valence-electron chi connectivity index (χ2n) is 13.3. The summed E-state index contributed by atoms with van der Waals surface area (Å²) < 4.78 is 0. The Labute approximate surface area is 262 Å². The van der Waals surface area contributed by atoms with E-state index < -0.39 is 0 Å². The van der Waals surface area contributed by atoms with Gasteiger partial charge in [-0.15, -0.1) is 0 Å². The van der Waals surface area contributed by atoms with Crippen molar-refractivity contribution < 1.29 is 0 Å². The van der Waals surface area contributed by atoms with E-state index in [1.807, 2.05) is 0 Å². The average molecular weight is 571 g/mol. The van der Waals surface area contributed by atoms with Crippen molar-refractivity contribution in [2.75, 3.05) is 0 Å². The molecular formula is C45H30. The van der Waals surface area contributed by atoms with Crippen LogP contribution >= 0.6 is 0 Å². The number of hydrogen-bond acceptors (Lipinski definition) is 0. The van der Waals surface area contributed by atoms with Crippen molar-refractivity contribution >= 4 is 53.9 Å². The molecule has 0 heterocycles. The molecule has 0 radical (unpaired) electrons. The standard InChI is InChI=1S/C45H30/c1-45(2)40-24-20-33(26-39(40)37-13-4-9-27-10-6-14-41(45)43(27)37)34-12-5-11-31-25-32(19-22-35(31)34)36-21-17-30-16-15-28-7-3-8-29-18-23-38(36)44(30)42(28)29/h3-26H,1-2H3. The molecule has 9 aromatic rings. The highest BCUT2D eigenvalue weighted by Gasteiger charge is 2.33. The quantitative estimate of drug-likeness (QED) is 0.181. The van der Waals surface area contributed by atoms with E-state index in [2.05, 4.69) is 159 Å². The first kappa shape index (κ1) is 24.9. The normalized spacial score (nSPS) is 13.7. The minimum absolute atomic E-state index is 0.0595. The number of hydrogen-bond donors (Lipinski definition) is 0. The van der Waals surface area contributed by atoms with Gasteiger partial charge >= 0.3 is 0 Å². The molecule has 0 heteroatoms. The molecule has 9 aromatic carbocycles. The molecule has 210 valence electrons. The van der Waals surface area contributed by atoms with Crippen molar-refractivity contribution in [3.8, 4) is 33.4 Å². The van der Waals surface area contributed by atoms with Crippen molar-refractivity contribution in [2.45, 2.75) is 19.3 Å². The zero-order chi connectivity index (χ0) is 29.9. The molecule has 0 saturated heterocycles. The molecule has 0 spiro atoms. The van der Waals surface area contributed by atoms with Crippen LogP contribution in [0.4, 0.5) is 0 Å². The smallest absolute Gasteiger partial charge is 0.0159 e. The SMILES string of the molecule is CC1(C)c2ccc(-c3cccc4cc(-c5ccc6ccc7cccc8ccc5c6c78)ccc34)cc2-c2cccc3cccc1c23. The summed E-state index contributed by atoms with van der Waals surface area (Å²) in [6.07, 6.45) is 0. The van der Waals surface area contributed by atoms with Crippen molar-refractivity contribution in [3.63, 3.8) is 0 Å². The van der Waals surface area contributed by atoms with Crippen molar-refractivity contribution in [1.82, 2.24) is 0 Å². The first-order valence-corrected chi connectivity index (χ1v) is 15.9. The summed E-state index contributed by atoms with van der Waals surface area (Å²) >= 11 is 0. The molecule has 1 aliphatic carbocycles. The molecular weight excluding hydrogens is 540 g/mol. The fourth-order valence-corrected chi connectivity index (χ4v) is 8.40. The maximum Gasteiger partial charge on any atom is 0.0159 e. The molecule has 1 aliphatic rings. The van der Waals surface area contributed by atoms with E-state index in [4.69, 9.17) is 0 Å². The zero-order valence-corrected chi connectivity index (χ0v) is 25.4. The molecule has 0 N–H and O–H groups in total. The third-order valence-electron chi connectivity index (χ3n) is 10.6. The van der Waals surface area contributed by atoms with Gasteiger partial charge in [-0.3, -0.25) is 0 Å². The summed E-state index contributed by atoms with van der Waals surface area (Å²) in [7, 11) is 0. The third kappa shape index (κ3) is 3.37. The van der Waals surface area contributed by atoms with Crippen LogP contribution in [0.5, 0.6) is 0 Å². The molecule has 10 rings (SSSR count). The minimum atomic E-state index is -0.0595. The first-order chi connectivity index (χ1) is 22.1. The van der Waals surface area contributed by atoms with Crippen molar-refractivity contribution in [1.29, 1.82) is 0 Å². The Morgan fingerprint density at radius 3 is 1.71 bits per heavy atom. The second-order valence-corrected chi connectivity index (χ2v) is 13.3. The molecule has 0 atom stereocenters. The van der Waals surface area contributed by atoms with Crippen LogP contribution in [0.15, 0.2) is 146 Å². The van der Waals surface area contributed by atoms with Gasteiger partial charge in [0.1, 0.15) is 0 Å². The lowest BCUT2D eigenvalue weighted by Gasteiger charge is -2.35.